The Morgan fingerprint density at radius 1 is 1.04 bits per heavy atom. The van der Waals surface area contributed by atoms with Gasteiger partial charge in [-0.15, -0.1) is 0 Å². The first-order valence-electron chi connectivity index (χ1n) is 10.8. The van der Waals surface area contributed by atoms with Crippen LogP contribution in [-0.4, -0.2) is 50.8 Å². The van der Waals surface area contributed by atoms with E-state index in [1.165, 1.54) is 50.6 Å². The van der Waals surface area contributed by atoms with Crippen molar-refractivity contribution in [2.45, 2.75) is 56.8 Å². The summed E-state index contributed by atoms with van der Waals surface area (Å²) in [6, 6.07) is 11.0. The number of ether oxygens (including phenoxy) is 1. The fourth-order valence-electron chi connectivity index (χ4n) is 5.53. The average molecular weight is 370 g/mol. The van der Waals surface area contributed by atoms with Crippen molar-refractivity contribution in [3.05, 3.63) is 35.9 Å². The van der Waals surface area contributed by atoms with Gasteiger partial charge in [-0.1, -0.05) is 49.6 Å². The van der Waals surface area contributed by atoms with Gasteiger partial charge in [-0.3, -0.25) is 4.99 Å². The predicted octanol–water partition coefficient (Wildman–Crippen LogP) is 3.97. The van der Waals surface area contributed by atoms with Gasteiger partial charge in [0.05, 0.1) is 0 Å². The Morgan fingerprint density at radius 2 is 1.78 bits per heavy atom. The van der Waals surface area contributed by atoms with Crippen molar-refractivity contribution in [1.82, 2.24) is 10.2 Å². The average Bonchev–Trinajstić information content (AvgIpc) is 3.13. The van der Waals surface area contributed by atoms with E-state index in [9.17, 15) is 0 Å². The van der Waals surface area contributed by atoms with Crippen LogP contribution in [0.2, 0.25) is 0 Å². The zero-order valence-electron chi connectivity index (χ0n) is 16.9. The quantitative estimate of drug-likeness (QED) is 0.647. The number of aliphatic imine (C=N–C) groups is 1. The van der Waals surface area contributed by atoms with Gasteiger partial charge in [0.25, 0.3) is 0 Å². The Kier molecular flexibility index (Phi) is 5.72. The zero-order valence-corrected chi connectivity index (χ0v) is 16.9. The van der Waals surface area contributed by atoms with Crippen LogP contribution in [0.1, 0.15) is 56.9 Å². The molecule has 2 heterocycles. The summed E-state index contributed by atoms with van der Waals surface area (Å²) < 4.78 is 5.69. The molecule has 1 aromatic rings. The third-order valence-electron chi connectivity index (χ3n) is 7.28. The smallest absolute Gasteiger partial charge is 0.193 e. The molecule has 4 heteroatoms. The molecule has 1 saturated carbocycles. The first kappa shape index (κ1) is 18.8. The summed E-state index contributed by atoms with van der Waals surface area (Å²) in [4.78, 5) is 7.17. The van der Waals surface area contributed by atoms with Gasteiger partial charge < -0.3 is 15.0 Å². The molecule has 1 spiro atoms. The lowest BCUT2D eigenvalue weighted by Gasteiger charge is -2.39. The third-order valence-corrected chi connectivity index (χ3v) is 7.28. The molecule has 0 amide bonds. The molecule has 27 heavy (non-hydrogen) atoms. The van der Waals surface area contributed by atoms with Crippen LogP contribution in [0.3, 0.4) is 0 Å². The van der Waals surface area contributed by atoms with Crippen molar-refractivity contribution in [3.63, 3.8) is 0 Å². The Hall–Kier alpha value is -1.55. The van der Waals surface area contributed by atoms with Crippen LogP contribution < -0.4 is 5.32 Å². The van der Waals surface area contributed by atoms with E-state index in [4.69, 9.17) is 4.74 Å². The Morgan fingerprint density at radius 3 is 2.48 bits per heavy atom. The maximum Gasteiger partial charge on any atom is 0.193 e. The molecule has 3 fully saturated rings. The number of nitrogens with zero attached hydrogens (tertiary/aromatic N) is 2. The second-order valence-electron chi connectivity index (χ2n) is 8.89. The molecule has 0 radical (unpaired) electrons. The maximum atomic E-state index is 5.69. The zero-order chi connectivity index (χ0) is 18.6. The van der Waals surface area contributed by atoms with Crippen LogP contribution in [0.4, 0.5) is 0 Å². The Balaban J connectivity index is 1.44. The highest BCUT2D eigenvalue weighted by atomic mass is 16.5. The number of likely N-dealkylation sites (tertiary alicyclic amines) is 1. The fraction of sp³-hybridized carbons (Fsp3) is 0.696. The molecule has 2 aliphatic heterocycles. The maximum absolute atomic E-state index is 5.69. The normalized spacial score (nSPS) is 24.9. The van der Waals surface area contributed by atoms with Crippen LogP contribution in [-0.2, 0) is 10.2 Å². The second kappa shape index (κ2) is 8.22. The van der Waals surface area contributed by atoms with Crippen LogP contribution in [0.15, 0.2) is 35.3 Å². The summed E-state index contributed by atoms with van der Waals surface area (Å²) in [7, 11) is 1.94. The van der Waals surface area contributed by atoms with Crippen LogP contribution in [0.5, 0.6) is 0 Å². The van der Waals surface area contributed by atoms with Crippen molar-refractivity contribution >= 4 is 5.96 Å². The summed E-state index contributed by atoms with van der Waals surface area (Å²) in [6.07, 6.45) is 10.6. The van der Waals surface area contributed by atoms with Gasteiger partial charge in [-0.05, 0) is 43.1 Å². The van der Waals surface area contributed by atoms with Crippen molar-refractivity contribution < 1.29 is 4.74 Å². The number of hydrogen-bond acceptors (Lipinski definition) is 2. The molecule has 148 valence electrons. The van der Waals surface area contributed by atoms with Crippen LogP contribution in [0, 0.1) is 5.41 Å². The van der Waals surface area contributed by atoms with Gasteiger partial charge in [0.1, 0.15) is 0 Å². The molecule has 4 nitrogen and oxygen atoms in total. The monoisotopic (exact) mass is 369 g/mol. The van der Waals surface area contributed by atoms with Gasteiger partial charge >= 0.3 is 0 Å². The molecular weight excluding hydrogens is 334 g/mol. The Bertz CT molecular complexity index is 630. The summed E-state index contributed by atoms with van der Waals surface area (Å²) in [5.74, 6) is 1.10. The lowest BCUT2D eigenvalue weighted by molar-refractivity contribution is 0.0512. The molecular formula is C23H35N3O. The molecule has 0 aromatic heterocycles. The third kappa shape index (κ3) is 4.01. The molecule has 3 aliphatic rings. The summed E-state index contributed by atoms with van der Waals surface area (Å²) in [5.41, 5.74) is 2.14. The van der Waals surface area contributed by atoms with Crippen LogP contribution in [0.25, 0.3) is 0 Å². The number of rotatable bonds is 3. The van der Waals surface area contributed by atoms with E-state index >= 15 is 0 Å². The number of nitrogens with one attached hydrogen (secondary N) is 1. The molecule has 0 unspecified atom stereocenters. The molecule has 4 rings (SSSR count). The number of hydrogen-bond donors (Lipinski definition) is 1. The number of guanidine groups is 1. The lowest BCUT2D eigenvalue weighted by atomic mass is 9.73. The standard InChI is InChI=1S/C23H35N3O/c1-24-21(26-15-12-22(19-26)10-6-3-7-11-22)25-18-23(13-16-27-17-14-23)20-8-4-2-5-9-20/h2,4-5,8-9H,3,6-7,10-19H2,1H3,(H,24,25). The largest absolute Gasteiger partial charge is 0.381 e. The van der Waals surface area contributed by atoms with Crippen molar-refractivity contribution in [1.29, 1.82) is 0 Å². The van der Waals surface area contributed by atoms with Gasteiger partial charge in [0, 0.05) is 45.3 Å². The molecule has 0 bridgehead atoms. The first-order valence-corrected chi connectivity index (χ1v) is 10.8. The summed E-state index contributed by atoms with van der Waals surface area (Å²) >= 11 is 0. The number of benzene rings is 1. The minimum absolute atomic E-state index is 0.150. The summed E-state index contributed by atoms with van der Waals surface area (Å²) in [6.45, 7) is 4.98. The predicted molar refractivity (Wildman–Crippen MR) is 111 cm³/mol. The van der Waals surface area contributed by atoms with E-state index in [1.807, 2.05) is 7.05 Å². The molecule has 1 aromatic carbocycles. The van der Waals surface area contributed by atoms with E-state index < -0.39 is 0 Å². The molecule has 0 atom stereocenters. The SMILES string of the molecule is CN=C(NCC1(c2ccccc2)CCOCC1)N1CCC2(CCCCC2)C1. The minimum atomic E-state index is 0.150. The van der Waals surface area contributed by atoms with Crippen LogP contribution >= 0.6 is 0 Å². The minimum Gasteiger partial charge on any atom is -0.381 e. The molecule has 1 aliphatic carbocycles. The summed E-state index contributed by atoms with van der Waals surface area (Å²) in [5, 5.41) is 3.76. The van der Waals surface area contributed by atoms with E-state index in [2.05, 4.69) is 45.5 Å². The second-order valence-corrected chi connectivity index (χ2v) is 8.89. The Labute approximate surface area is 164 Å². The highest BCUT2D eigenvalue weighted by Crippen LogP contribution is 2.43. The van der Waals surface area contributed by atoms with Crippen molar-refractivity contribution in [2.75, 3.05) is 39.9 Å². The van der Waals surface area contributed by atoms with Gasteiger partial charge in [0.15, 0.2) is 5.96 Å². The van der Waals surface area contributed by atoms with Gasteiger partial charge in [-0.25, -0.2) is 0 Å². The van der Waals surface area contributed by atoms with Crippen molar-refractivity contribution in [2.24, 2.45) is 10.4 Å². The fourth-order valence-corrected chi connectivity index (χ4v) is 5.53. The first-order chi connectivity index (χ1) is 13.3. The highest BCUT2D eigenvalue weighted by Gasteiger charge is 2.40. The van der Waals surface area contributed by atoms with Gasteiger partial charge in [0.2, 0.25) is 0 Å². The molecule has 1 N–H and O–H groups in total. The van der Waals surface area contributed by atoms with E-state index in [-0.39, 0.29) is 5.41 Å². The highest BCUT2D eigenvalue weighted by molar-refractivity contribution is 5.80. The van der Waals surface area contributed by atoms with Gasteiger partial charge in [-0.2, -0.15) is 0 Å². The van der Waals surface area contributed by atoms with Crippen molar-refractivity contribution in [3.8, 4) is 0 Å². The van der Waals surface area contributed by atoms with E-state index in [0.717, 1.165) is 45.1 Å². The van der Waals surface area contributed by atoms with E-state index in [0.29, 0.717) is 5.41 Å². The van der Waals surface area contributed by atoms with E-state index in [1.54, 1.807) is 0 Å². The topological polar surface area (TPSA) is 36.9 Å². The molecule has 2 saturated heterocycles. The lowest BCUT2D eigenvalue weighted by Crippen LogP contribution is -2.49.